The van der Waals surface area contributed by atoms with Gasteiger partial charge in [0.2, 0.25) is 5.95 Å². The van der Waals surface area contributed by atoms with Crippen molar-refractivity contribution in [1.82, 2.24) is 20.3 Å². The lowest BCUT2D eigenvalue weighted by Gasteiger charge is -2.26. The molecular formula is C30H36Br2N6O3S. The first-order valence-corrected chi connectivity index (χ1v) is 17.2. The molecule has 4 aromatic rings. The van der Waals surface area contributed by atoms with E-state index in [4.69, 9.17) is 14.7 Å². The summed E-state index contributed by atoms with van der Waals surface area (Å²) in [5.74, 6) is 1.99. The molecule has 0 unspecified atom stereocenters. The number of rotatable bonds is 9. The van der Waals surface area contributed by atoms with Crippen molar-refractivity contribution in [2.75, 3.05) is 23.7 Å². The Morgan fingerprint density at radius 2 is 1.71 bits per heavy atom. The van der Waals surface area contributed by atoms with Gasteiger partial charge in [-0.3, -0.25) is 0 Å². The summed E-state index contributed by atoms with van der Waals surface area (Å²) in [6.07, 6.45) is 2.16. The van der Waals surface area contributed by atoms with Gasteiger partial charge in [0.15, 0.2) is 9.84 Å². The standard InChI is InChI=1S/C30H36Br2N6O3S/c1-16(2)41-23-15-20(19-10-12-33-13-11-19)18(5)14-22(23)35-30-37-28(25-26(31)27(32)36-29(25)38-30)34-21-8-6-7-9-24(21)42(39,40)17(3)4/h6-9,14-17,19,33H,10-13H2,1-5H3,(H3,34,35,36,37,38). The number of benzene rings is 2. The average molecular weight is 721 g/mol. The van der Waals surface area contributed by atoms with Gasteiger partial charge in [-0.1, -0.05) is 12.1 Å². The molecule has 0 atom stereocenters. The molecule has 0 aliphatic carbocycles. The maximum absolute atomic E-state index is 13.2. The summed E-state index contributed by atoms with van der Waals surface area (Å²) in [6, 6.07) is 11.1. The molecule has 224 valence electrons. The average Bonchev–Trinajstić information content (AvgIpc) is 3.23. The van der Waals surface area contributed by atoms with E-state index in [1.54, 1.807) is 38.1 Å². The molecule has 5 rings (SSSR count). The Morgan fingerprint density at radius 3 is 2.40 bits per heavy atom. The van der Waals surface area contributed by atoms with E-state index in [-0.39, 0.29) is 11.0 Å². The summed E-state index contributed by atoms with van der Waals surface area (Å²) in [4.78, 5) is 13.0. The molecule has 9 nitrogen and oxygen atoms in total. The summed E-state index contributed by atoms with van der Waals surface area (Å²) in [5, 5.41) is 10.2. The van der Waals surface area contributed by atoms with Gasteiger partial charge in [0.1, 0.15) is 17.2 Å². The van der Waals surface area contributed by atoms with Gasteiger partial charge in [-0.2, -0.15) is 9.97 Å². The van der Waals surface area contributed by atoms with Crippen molar-refractivity contribution in [2.24, 2.45) is 0 Å². The normalized spacial score (nSPS) is 14.6. The SMILES string of the molecule is Cc1cc(Nc2nc(Nc3ccccc3S(=O)(=O)C(C)C)c3c(Br)c(Br)[nH]c3n2)c(OC(C)C)cc1C1CCNCC1. The molecule has 3 heterocycles. The number of hydrogen-bond acceptors (Lipinski definition) is 8. The molecule has 0 bridgehead atoms. The van der Waals surface area contributed by atoms with E-state index in [1.807, 2.05) is 13.8 Å². The first kappa shape index (κ1) is 30.8. The maximum atomic E-state index is 13.2. The lowest BCUT2D eigenvalue weighted by atomic mass is 9.87. The summed E-state index contributed by atoms with van der Waals surface area (Å²) >= 11 is 7.16. The Bertz CT molecular complexity index is 1720. The molecule has 2 aromatic carbocycles. The highest BCUT2D eigenvalue weighted by Gasteiger charge is 2.25. The fourth-order valence-electron chi connectivity index (χ4n) is 5.22. The largest absolute Gasteiger partial charge is 0.489 e. The molecular weight excluding hydrogens is 684 g/mol. The van der Waals surface area contributed by atoms with Crippen molar-refractivity contribution < 1.29 is 13.2 Å². The highest BCUT2D eigenvalue weighted by molar-refractivity contribution is 9.13. The molecule has 1 fully saturated rings. The van der Waals surface area contributed by atoms with Crippen LogP contribution in [0.4, 0.5) is 23.1 Å². The predicted molar refractivity (Wildman–Crippen MR) is 176 cm³/mol. The van der Waals surface area contributed by atoms with Crippen LogP contribution >= 0.6 is 31.9 Å². The van der Waals surface area contributed by atoms with Crippen LogP contribution in [0.5, 0.6) is 5.75 Å². The van der Waals surface area contributed by atoms with Crippen LogP contribution < -0.4 is 20.7 Å². The Labute approximate surface area is 263 Å². The number of aryl methyl sites for hydroxylation is 1. The van der Waals surface area contributed by atoms with Crippen LogP contribution in [-0.4, -0.2) is 47.8 Å². The highest BCUT2D eigenvalue weighted by Crippen LogP contribution is 2.40. The highest BCUT2D eigenvalue weighted by atomic mass is 79.9. The van der Waals surface area contributed by atoms with Crippen molar-refractivity contribution >= 4 is 75.9 Å². The Hall–Kier alpha value is -2.67. The lowest BCUT2D eigenvalue weighted by molar-refractivity contribution is 0.243. The van der Waals surface area contributed by atoms with Crippen LogP contribution in [-0.2, 0) is 9.84 Å². The minimum absolute atomic E-state index is 0.0236. The van der Waals surface area contributed by atoms with E-state index < -0.39 is 15.1 Å². The third-order valence-corrected chi connectivity index (χ3v) is 11.5. The molecule has 0 amide bonds. The number of aromatic amines is 1. The zero-order chi connectivity index (χ0) is 30.2. The Balaban J connectivity index is 1.59. The summed E-state index contributed by atoms with van der Waals surface area (Å²) in [7, 11) is -3.55. The Morgan fingerprint density at radius 1 is 1.00 bits per heavy atom. The molecule has 0 radical (unpaired) electrons. The minimum atomic E-state index is -3.55. The second-order valence-electron chi connectivity index (χ2n) is 11.1. The molecule has 0 saturated carbocycles. The number of hydrogen-bond donors (Lipinski definition) is 4. The van der Waals surface area contributed by atoms with Crippen molar-refractivity contribution in [3.63, 3.8) is 0 Å². The van der Waals surface area contributed by atoms with Crippen molar-refractivity contribution in [1.29, 1.82) is 0 Å². The van der Waals surface area contributed by atoms with E-state index in [1.165, 1.54) is 11.1 Å². The third kappa shape index (κ3) is 6.31. The fraction of sp³-hybridized carbons (Fsp3) is 0.400. The molecule has 42 heavy (non-hydrogen) atoms. The van der Waals surface area contributed by atoms with E-state index in [9.17, 15) is 8.42 Å². The van der Waals surface area contributed by atoms with Gasteiger partial charge in [0.05, 0.1) is 42.1 Å². The fourth-order valence-corrected chi connectivity index (χ4v) is 7.28. The molecule has 1 saturated heterocycles. The number of aromatic nitrogens is 3. The number of nitrogens with one attached hydrogen (secondary N) is 4. The first-order chi connectivity index (χ1) is 20.0. The summed E-state index contributed by atoms with van der Waals surface area (Å²) < 4.78 is 34.0. The zero-order valence-electron chi connectivity index (χ0n) is 24.3. The topological polar surface area (TPSA) is 121 Å². The van der Waals surface area contributed by atoms with E-state index in [0.29, 0.717) is 39.0 Å². The monoisotopic (exact) mass is 718 g/mol. The zero-order valence-corrected chi connectivity index (χ0v) is 28.3. The molecule has 12 heteroatoms. The molecule has 4 N–H and O–H groups in total. The molecule has 0 spiro atoms. The number of piperidine rings is 1. The van der Waals surface area contributed by atoms with Crippen LogP contribution in [0.25, 0.3) is 11.0 Å². The van der Waals surface area contributed by atoms with Gasteiger partial charge in [0, 0.05) is 0 Å². The van der Waals surface area contributed by atoms with Crippen LogP contribution in [0.15, 0.2) is 50.4 Å². The lowest BCUT2D eigenvalue weighted by Crippen LogP contribution is -2.27. The van der Waals surface area contributed by atoms with E-state index in [2.05, 4.69) is 71.9 Å². The maximum Gasteiger partial charge on any atom is 0.231 e. The van der Waals surface area contributed by atoms with Crippen molar-refractivity contribution in [3.8, 4) is 5.75 Å². The van der Waals surface area contributed by atoms with Crippen molar-refractivity contribution in [2.45, 2.75) is 69.6 Å². The van der Waals surface area contributed by atoms with Gasteiger partial charge in [-0.25, -0.2) is 8.42 Å². The first-order valence-electron chi connectivity index (χ1n) is 14.1. The number of nitrogens with zero attached hydrogens (tertiary/aromatic N) is 2. The number of H-pyrrole nitrogens is 1. The number of sulfone groups is 1. The molecule has 2 aromatic heterocycles. The molecule has 1 aliphatic heterocycles. The predicted octanol–water partition coefficient (Wildman–Crippen LogP) is 7.71. The van der Waals surface area contributed by atoms with E-state index in [0.717, 1.165) is 41.8 Å². The third-order valence-electron chi connectivity index (χ3n) is 7.37. The second kappa shape index (κ2) is 12.5. The summed E-state index contributed by atoms with van der Waals surface area (Å²) in [6.45, 7) is 11.5. The number of anilines is 4. The van der Waals surface area contributed by atoms with Gasteiger partial charge < -0.3 is 25.7 Å². The second-order valence-corrected chi connectivity index (χ2v) is 15.2. The number of ether oxygens (including phenoxy) is 1. The number of fused-ring (bicyclic) bond motifs is 1. The van der Waals surface area contributed by atoms with Gasteiger partial charge in [-0.05, 0) is 134 Å². The van der Waals surface area contributed by atoms with Gasteiger partial charge >= 0.3 is 0 Å². The van der Waals surface area contributed by atoms with Gasteiger partial charge in [-0.15, -0.1) is 0 Å². The van der Waals surface area contributed by atoms with E-state index >= 15 is 0 Å². The van der Waals surface area contributed by atoms with Gasteiger partial charge in [0.25, 0.3) is 0 Å². The molecule has 1 aliphatic rings. The smallest absolute Gasteiger partial charge is 0.231 e. The quantitative estimate of drug-likeness (QED) is 0.139. The Kier molecular flexibility index (Phi) is 9.17. The van der Waals surface area contributed by atoms with Crippen LogP contribution in [0.3, 0.4) is 0 Å². The van der Waals surface area contributed by atoms with Crippen LogP contribution in [0.1, 0.15) is 57.6 Å². The minimum Gasteiger partial charge on any atom is -0.489 e. The van der Waals surface area contributed by atoms with Crippen LogP contribution in [0, 0.1) is 6.92 Å². The summed E-state index contributed by atoms with van der Waals surface area (Å²) in [5.41, 5.74) is 4.24. The van der Waals surface area contributed by atoms with Crippen LogP contribution in [0.2, 0.25) is 0 Å². The number of halogens is 2. The number of para-hydroxylation sites is 1. The van der Waals surface area contributed by atoms with Crippen molar-refractivity contribution in [3.05, 3.63) is 56.6 Å².